The summed E-state index contributed by atoms with van der Waals surface area (Å²) in [6, 6.07) is -2.12. The van der Waals surface area contributed by atoms with E-state index in [4.69, 9.17) is 18.9 Å². The number of ether oxygens (including phenoxy) is 4. The smallest absolute Gasteiger partial charge is 0.217 e. The van der Waals surface area contributed by atoms with Crippen LogP contribution in [0.15, 0.2) is 0 Å². The number of aliphatic hydroxyl groups is 4. The first-order valence-corrected chi connectivity index (χ1v) is 9.00. The fraction of sp³-hybridized carbons (Fsp3) is 0.875. The molecule has 6 aliphatic rings. The molecule has 12 nitrogen and oxygen atoms in total. The SMILES string of the molecule is CC(=O)N[C@H]1[C@H]2O[C@@H]3[C@H](O)[C@@H](NC(C)=O)[C@@H](O[C@H]([C@@H]1O)[C@@H](CO)O2)O[C@@H]3CO. The van der Waals surface area contributed by atoms with Crippen molar-refractivity contribution >= 4 is 11.8 Å². The number of hydrogen-bond acceptors (Lipinski definition) is 10. The number of carbonyl (C=O) groups excluding carboxylic acids is 2. The van der Waals surface area contributed by atoms with Crippen LogP contribution in [0.1, 0.15) is 13.8 Å². The largest absolute Gasteiger partial charge is 0.394 e. The number of rotatable bonds is 4. The van der Waals surface area contributed by atoms with Crippen LogP contribution < -0.4 is 10.6 Å². The van der Waals surface area contributed by atoms with Gasteiger partial charge in [0.25, 0.3) is 0 Å². The van der Waals surface area contributed by atoms with E-state index in [9.17, 15) is 30.0 Å². The molecule has 0 aromatic rings. The van der Waals surface area contributed by atoms with E-state index in [1.165, 1.54) is 13.8 Å². The molecule has 6 aliphatic heterocycles. The van der Waals surface area contributed by atoms with Gasteiger partial charge in [0.1, 0.15) is 48.7 Å². The Labute approximate surface area is 160 Å². The summed E-state index contributed by atoms with van der Waals surface area (Å²) in [4.78, 5) is 23.1. The van der Waals surface area contributed by atoms with E-state index in [-0.39, 0.29) is 0 Å². The standard InChI is InChI=1S/C16H26N2O10/c1-5(21)17-9-11(23)13-7(3-19)25-15(9)27-14-8(4-20)26-16(28-13)10(12(14)24)18-6(2)22/h7-16,19-20,23-24H,3-4H2,1-2H3,(H,17,21)(H,18,22)/t7-,8-,9-,10-,11-,12-,13+,14+,15-,16-/m1/s1. The first-order valence-electron chi connectivity index (χ1n) is 9.00. The lowest BCUT2D eigenvalue weighted by atomic mass is 9.92. The molecule has 160 valence electrons. The molecule has 0 unspecified atom stereocenters. The highest BCUT2D eigenvalue weighted by Crippen LogP contribution is 2.34. The summed E-state index contributed by atoms with van der Waals surface area (Å²) < 4.78 is 22.9. The van der Waals surface area contributed by atoms with Crippen molar-refractivity contribution < 1.29 is 49.0 Å². The summed E-state index contributed by atoms with van der Waals surface area (Å²) in [5.41, 5.74) is 0. The van der Waals surface area contributed by atoms with E-state index in [0.717, 1.165) is 0 Å². The highest BCUT2D eigenvalue weighted by molar-refractivity contribution is 5.73. The van der Waals surface area contributed by atoms with Gasteiger partial charge in [-0.2, -0.15) is 0 Å². The third kappa shape index (κ3) is 4.00. The Kier molecular flexibility index (Phi) is 6.51. The fourth-order valence-electron chi connectivity index (χ4n) is 3.79. The topological polar surface area (TPSA) is 176 Å². The number of aliphatic hydroxyl groups excluding tert-OH is 4. The van der Waals surface area contributed by atoms with E-state index < -0.39 is 86.3 Å². The Balaban J connectivity index is 1.99. The fourth-order valence-corrected chi connectivity index (χ4v) is 3.79. The highest BCUT2D eigenvalue weighted by Gasteiger charge is 2.56. The second kappa shape index (κ2) is 8.55. The van der Waals surface area contributed by atoms with Crippen LogP contribution in [0.4, 0.5) is 0 Å². The number of nitrogens with one attached hydrogen (secondary N) is 2. The zero-order valence-corrected chi connectivity index (χ0v) is 15.4. The zero-order chi connectivity index (χ0) is 20.6. The lowest BCUT2D eigenvalue weighted by Gasteiger charge is -2.52. The quantitative estimate of drug-likeness (QED) is 0.269. The first kappa shape index (κ1) is 21.3. The van der Waals surface area contributed by atoms with Crippen molar-refractivity contribution in [3.63, 3.8) is 0 Å². The normalized spacial score (nSPS) is 45.5. The van der Waals surface area contributed by atoms with Crippen molar-refractivity contribution in [1.29, 1.82) is 0 Å². The minimum Gasteiger partial charge on any atom is -0.394 e. The molecule has 10 atom stereocenters. The summed E-state index contributed by atoms with van der Waals surface area (Å²) in [6.45, 7) is 1.44. The summed E-state index contributed by atoms with van der Waals surface area (Å²) >= 11 is 0. The van der Waals surface area contributed by atoms with E-state index >= 15 is 0 Å². The second-order valence-corrected chi connectivity index (χ2v) is 7.09. The maximum atomic E-state index is 11.6. The molecule has 6 saturated heterocycles. The molecule has 0 saturated carbocycles. The molecule has 6 rings (SSSR count). The molecular formula is C16H26N2O10. The van der Waals surface area contributed by atoms with Crippen LogP contribution >= 0.6 is 0 Å². The number of amides is 2. The minimum absolute atomic E-state index is 0.462. The molecule has 28 heavy (non-hydrogen) atoms. The summed E-state index contributed by atoms with van der Waals surface area (Å²) in [7, 11) is 0. The Morgan fingerprint density at radius 1 is 0.750 bits per heavy atom. The number of carbonyl (C=O) groups is 2. The van der Waals surface area contributed by atoms with Crippen LogP contribution in [0.25, 0.3) is 0 Å². The Morgan fingerprint density at radius 3 is 1.39 bits per heavy atom. The second-order valence-electron chi connectivity index (χ2n) is 7.09. The van der Waals surface area contributed by atoms with E-state index in [2.05, 4.69) is 10.6 Å². The van der Waals surface area contributed by atoms with Crippen molar-refractivity contribution in [2.24, 2.45) is 0 Å². The molecule has 0 radical (unpaired) electrons. The molecule has 6 heterocycles. The molecule has 12 heteroatoms. The summed E-state index contributed by atoms with van der Waals surface area (Å²) in [6.07, 6.45) is -9.63. The van der Waals surface area contributed by atoms with Gasteiger partial charge in [0.15, 0.2) is 12.6 Å². The van der Waals surface area contributed by atoms with Gasteiger partial charge in [-0.05, 0) is 0 Å². The molecule has 6 fully saturated rings. The first-order chi connectivity index (χ1) is 13.3. The van der Waals surface area contributed by atoms with Gasteiger partial charge < -0.3 is 50.0 Å². The van der Waals surface area contributed by atoms with Gasteiger partial charge in [0.05, 0.1) is 13.2 Å². The molecule has 0 aromatic heterocycles. The Bertz CT molecular complexity index is 542. The molecule has 4 bridgehead atoms. The zero-order valence-electron chi connectivity index (χ0n) is 15.4. The lowest BCUT2D eigenvalue weighted by molar-refractivity contribution is -0.379. The Hall–Kier alpha value is -1.38. The van der Waals surface area contributed by atoms with Crippen LogP contribution in [-0.4, -0.2) is 107 Å². The van der Waals surface area contributed by atoms with E-state index in [0.29, 0.717) is 0 Å². The third-order valence-electron chi connectivity index (χ3n) is 5.03. The molecule has 6 N–H and O–H groups in total. The third-order valence-corrected chi connectivity index (χ3v) is 5.03. The minimum atomic E-state index is -1.34. The molecule has 2 amide bonds. The monoisotopic (exact) mass is 406 g/mol. The van der Waals surface area contributed by atoms with Gasteiger partial charge in [0.2, 0.25) is 11.8 Å². The average Bonchev–Trinajstić information content (AvgIpc) is 2.64. The van der Waals surface area contributed by atoms with Crippen LogP contribution in [0, 0.1) is 0 Å². The van der Waals surface area contributed by atoms with Crippen molar-refractivity contribution in [1.82, 2.24) is 10.6 Å². The van der Waals surface area contributed by atoms with Crippen molar-refractivity contribution in [2.45, 2.75) is 75.1 Å². The highest BCUT2D eigenvalue weighted by atomic mass is 16.8. The van der Waals surface area contributed by atoms with Crippen molar-refractivity contribution in [3.05, 3.63) is 0 Å². The van der Waals surface area contributed by atoms with Gasteiger partial charge in [-0.3, -0.25) is 9.59 Å². The average molecular weight is 406 g/mol. The van der Waals surface area contributed by atoms with Crippen LogP contribution in [-0.2, 0) is 28.5 Å². The molecule has 0 spiro atoms. The van der Waals surface area contributed by atoms with Crippen molar-refractivity contribution in [3.8, 4) is 0 Å². The van der Waals surface area contributed by atoms with Crippen LogP contribution in [0.3, 0.4) is 0 Å². The summed E-state index contributed by atoms with van der Waals surface area (Å²) in [5.74, 6) is -0.924. The van der Waals surface area contributed by atoms with Crippen LogP contribution in [0.5, 0.6) is 0 Å². The van der Waals surface area contributed by atoms with Gasteiger partial charge in [-0.1, -0.05) is 0 Å². The predicted molar refractivity (Wildman–Crippen MR) is 88.5 cm³/mol. The molecule has 0 aromatic carbocycles. The van der Waals surface area contributed by atoms with Gasteiger partial charge in [-0.25, -0.2) is 0 Å². The maximum Gasteiger partial charge on any atom is 0.217 e. The summed E-state index contributed by atoms with van der Waals surface area (Å²) in [5, 5.41) is 45.8. The Morgan fingerprint density at radius 2 is 1.11 bits per heavy atom. The van der Waals surface area contributed by atoms with Gasteiger partial charge >= 0.3 is 0 Å². The van der Waals surface area contributed by atoms with Crippen molar-refractivity contribution in [2.75, 3.05) is 13.2 Å². The maximum absolute atomic E-state index is 11.6. The lowest BCUT2D eigenvalue weighted by Crippen LogP contribution is -2.73. The molecule has 0 aliphatic carbocycles. The van der Waals surface area contributed by atoms with Gasteiger partial charge in [-0.15, -0.1) is 0 Å². The van der Waals surface area contributed by atoms with E-state index in [1.54, 1.807) is 0 Å². The number of hydrogen-bond donors (Lipinski definition) is 6. The van der Waals surface area contributed by atoms with Gasteiger partial charge in [0, 0.05) is 13.8 Å². The predicted octanol–water partition coefficient (Wildman–Crippen LogP) is -4.06. The molecular weight excluding hydrogens is 380 g/mol. The van der Waals surface area contributed by atoms with E-state index in [1.807, 2.05) is 0 Å². The van der Waals surface area contributed by atoms with Crippen LogP contribution in [0.2, 0.25) is 0 Å².